The Morgan fingerprint density at radius 1 is 1.37 bits per heavy atom. The minimum absolute atomic E-state index is 0.0534. The van der Waals surface area contributed by atoms with Crippen molar-refractivity contribution in [3.05, 3.63) is 5.56 Å². The van der Waals surface area contributed by atoms with Gasteiger partial charge in [-0.25, -0.2) is 0 Å². The fourth-order valence-corrected chi connectivity index (χ4v) is 3.28. The highest BCUT2D eigenvalue weighted by Gasteiger charge is 2.30. The molecule has 1 aromatic rings. The quantitative estimate of drug-likeness (QED) is 0.886. The molecule has 2 fully saturated rings. The number of hydrogen-bond donors (Lipinski definition) is 2. The zero-order chi connectivity index (χ0) is 13.4. The van der Waals surface area contributed by atoms with Gasteiger partial charge in [-0.1, -0.05) is 6.92 Å². The van der Waals surface area contributed by atoms with Crippen LogP contribution in [0, 0.1) is 5.92 Å². The fraction of sp³-hybridized carbons (Fsp3) is 0.692. The minimum Gasteiger partial charge on any atom is -0.382 e. The predicted molar refractivity (Wildman–Crippen MR) is 77.6 cm³/mol. The van der Waals surface area contributed by atoms with Crippen LogP contribution in [0.25, 0.3) is 0 Å². The number of rotatable bonds is 3. The number of nitrogens with one attached hydrogen (secondary N) is 1. The van der Waals surface area contributed by atoms with Crippen molar-refractivity contribution in [1.29, 1.82) is 0 Å². The fourth-order valence-electron chi connectivity index (χ4n) is 2.42. The molecular formula is C13H20N4OS. The topological polar surface area (TPSA) is 71.2 Å². The number of anilines is 2. The predicted octanol–water partition coefficient (Wildman–Crippen LogP) is 1.85. The lowest BCUT2D eigenvalue weighted by atomic mass is 9.99. The van der Waals surface area contributed by atoms with Gasteiger partial charge < -0.3 is 16.0 Å². The first-order chi connectivity index (χ1) is 9.15. The lowest BCUT2D eigenvalue weighted by molar-refractivity contribution is 0.0952. The normalized spacial score (nSPS) is 20.6. The molecule has 3 N–H and O–H groups in total. The van der Waals surface area contributed by atoms with Crippen LogP contribution in [0.4, 0.5) is 10.8 Å². The molecule has 0 bridgehead atoms. The Bertz CT molecular complexity index is 475. The molecule has 0 radical (unpaired) electrons. The van der Waals surface area contributed by atoms with Gasteiger partial charge in [-0.15, -0.1) is 0 Å². The second kappa shape index (κ2) is 5.00. The van der Waals surface area contributed by atoms with Gasteiger partial charge in [0.15, 0.2) is 5.82 Å². The maximum absolute atomic E-state index is 12.3. The molecule has 3 rings (SSSR count). The van der Waals surface area contributed by atoms with E-state index in [0.29, 0.717) is 17.4 Å². The molecule has 0 spiro atoms. The van der Waals surface area contributed by atoms with Crippen molar-refractivity contribution in [3.63, 3.8) is 0 Å². The molecule has 1 amide bonds. The summed E-state index contributed by atoms with van der Waals surface area (Å²) in [7, 11) is 0. The molecule has 104 valence electrons. The van der Waals surface area contributed by atoms with Crippen molar-refractivity contribution in [2.24, 2.45) is 5.92 Å². The summed E-state index contributed by atoms with van der Waals surface area (Å²) >= 11 is 1.35. The number of nitrogen functional groups attached to an aromatic ring is 1. The number of carbonyl (C=O) groups is 1. The highest BCUT2D eigenvalue weighted by molar-refractivity contribution is 7.11. The Morgan fingerprint density at radius 3 is 2.68 bits per heavy atom. The zero-order valence-electron chi connectivity index (χ0n) is 11.2. The van der Waals surface area contributed by atoms with E-state index in [9.17, 15) is 4.79 Å². The summed E-state index contributed by atoms with van der Waals surface area (Å²) in [6.07, 6.45) is 4.50. The lowest BCUT2D eigenvalue weighted by Gasteiger charge is -2.31. The number of piperidine rings is 1. The van der Waals surface area contributed by atoms with Crippen LogP contribution in [-0.4, -0.2) is 29.4 Å². The van der Waals surface area contributed by atoms with Gasteiger partial charge in [-0.2, -0.15) is 4.37 Å². The van der Waals surface area contributed by atoms with Gasteiger partial charge in [-0.3, -0.25) is 4.79 Å². The smallest absolute Gasteiger partial charge is 0.258 e. The third-order valence-electron chi connectivity index (χ3n) is 3.91. The zero-order valence-corrected chi connectivity index (χ0v) is 12.0. The van der Waals surface area contributed by atoms with Gasteiger partial charge in [0.25, 0.3) is 5.91 Å². The molecule has 5 nitrogen and oxygen atoms in total. The van der Waals surface area contributed by atoms with Crippen LogP contribution >= 0.6 is 11.5 Å². The van der Waals surface area contributed by atoms with E-state index in [1.54, 1.807) is 0 Å². The highest BCUT2D eigenvalue weighted by Crippen LogP contribution is 2.34. The number of carbonyl (C=O) groups excluding carboxylic acids is 1. The Labute approximate surface area is 117 Å². The van der Waals surface area contributed by atoms with Gasteiger partial charge in [0.05, 0.1) is 0 Å². The van der Waals surface area contributed by atoms with Crippen LogP contribution in [0.2, 0.25) is 0 Å². The third kappa shape index (κ3) is 2.68. The SMILES string of the molecule is CC1CCN(c2snc(N)c2C(=O)NC2CC2)CC1. The van der Waals surface area contributed by atoms with Crippen molar-refractivity contribution in [2.75, 3.05) is 23.7 Å². The summed E-state index contributed by atoms with van der Waals surface area (Å²) in [4.78, 5) is 14.5. The third-order valence-corrected chi connectivity index (χ3v) is 4.83. The molecule has 1 aromatic heterocycles. The summed E-state index contributed by atoms with van der Waals surface area (Å²) in [6.45, 7) is 4.26. The molecule has 1 saturated carbocycles. The Balaban J connectivity index is 1.79. The maximum Gasteiger partial charge on any atom is 0.258 e. The van der Waals surface area contributed by atoms with Crippen LogP contribution in [0.1, 0.15) is 43.0 Å². The molecule has 2 heterocycles. The molecule has 0 atom stereocenters. The van der Waals surface area contributed by atoms with Crippen molar-refractivity contribution in [1.82, 2.24) is 9.69 Å². The van der Waals surface area contributed by atoms with Crippen molar-refractivity contribution >= 4 is 28.3 Å². The molecule has 1 saturated heterocycles. The summed E-state index contributed by atoms with van der Waals surface area (Å²) < 4.78 is 4.18. The molecule has 0 unspecified atom stereocenters. The monoisotopic (exact) mass is 280 g/mol. The minimum atomic E-state index is -0.0534. The Kier molecular flexibility index (Phi) is 3.35. The number of aromatic nitrogens is 1. The van der Waals surface area contributed by atoms with Crippen LogP contribution in [0.5, 0.6) is 0 Å². The average molecular weight is 280 g/mol. The summed E-state index contributed by atoms with van der Waals surface area (Å²) in [5.74, 6) is 1.09. The summed E-state index contributed by atoms with van der Waals surface area (Å²) in [5, 5.41) is 3.95. The Morgan fingerprint density at radius 2 is 2.05 bits per heavy atom. The first-order valence-electron chi connectivity index (χ1n) is 6.96. The molecular weight excluding hydrogens is 260 g/mol. The van der Waals surface area contributed by atoms with E-state index in [0.717, 1.165) is 36.9 Å². The van der Waals surface area contributed by atoms with Crippen LogP contribution in [0.3, 0.4) is 0 Å². The van der Waals surface area contributed by atoms with Gasteiger partial charge in [0.2, 0.25) is 0 Å². The standard InChI is InChI=1S/C13H20N4OS/c1-8-4-6-17(7-5-8)13-10(11(14)16-19-13)12(18)15-9-2-3-9/h8-9H,2-7H2,1H3,(H2,14,16)(H,15,18). The van der Waals surface area contributed by atoms with E-state index >= 15 is 0 Å². The molecule has 2 aliphatic rings. The summed E-state index contributed by atoms with van der Waals surface area (Å²) in [5.41, 5.74) is 6.47. The molecule has 1 aliphatic heterocycles. The number of amides is 1. The highest BCUT2D eigenvalue weighted by atomic mass is 32.1. The molecule has 1 aliphatic carbocycles. The first-order valence-corrected chi connectivity index (χ1v) is 7.73. The van der Waals surface area contributed by atoms with Gasteiger partial charge in [-0.05, 0) is 43.1 Å². The number of hydrogen-bond acceptors (Lipinski definition) is 5. The molecule has 6 heteroatoms. The van der Waals surface area contributed by atoms with Crippen LogP contribution in [0.15, 0.2) is 0 Å². The van der Waals surface area contributed by atoms with Crippen LogP contribution < -0.4 is 16.0 Å². The second-order valence-electron chi connectivity index (χ2n) is 5.67. The van der Waals surface area contributed by atoms with Crippen molar-refractivity contribution in [2.45, 2.75) is 38.6 Å². The maximum atomic E-state index is 12.3. The average Bonchev–Trinajstić information content (AvgIpc) is 3.11. The van der Waals surface area contributed by atoms with E-state index in [1.807, 2.05) is 0 Å². The van der Waals surface area contributed by atoms with Crippen LogP contribution in [-0.2, 0) is 0 Å². The molecule has 19 heavy (non-hydrogen) atoms. The lowest BCUT2D eigenvalue weighted by Crippen LogP contribution is -2.34. The van der Waals surface area contributed by atoms with Gasteiger partial charge in [0, 0.05) is 19.1 Å². The number of nitrogens with zero attached hydrogens (tertiary/aromatic N) is 2. The largest absolute Gasteiger partial charge is 0.382 e. The van der Waals surface area contributed by atoms with Gasteiger partial charge >= 0.3 is 0 Å². The van der Waals surface area contributed by atoms with E-state index < -0.39 is 0 Å². The molecule has 0 aromatic carbocycles. The number of nitrogens with two attached hydrogens (primary N) is 1. The van der Waals surface area contributed by atoms with E-state index in [2.05, 4.69) is 21.5 Å². The van der Waals surface area contributed by atoms with Gasteiger partial charge in [0.1, 0.15) is 10.6 Å². The van der Waals surface area contributed by atoms with Crippen molar-refractivity contribution < 1.29 is 4.79 Å². The van der Waals surface area contributed by atoms with E-state index in [-0.39, 0.29) is 5.91 Å². The van der Waals surface area contributed by atoms with Crippen molar-refractivity contribution in [3.8, 4) is 0 Å². The Hall–Kier alpha value is -1.30. The first kappa shape index (κ1) is 12.7. The second-order valence-corrected chi connectivity index (χ2v) is 6.42. The van der Waals surface area contributed by atoms with E-state index in [4.69, 9.17) is 5.73 Å². The van der Waals surface area contributed by atoms with E-state index in [1.165, 1.54) is 24.4 Å². The summed E-state index contributed by atoms with van der Waals surface area (Å²) in [6, 6.07) is 0.348.